The van der Waals surface area contributed by atoms with Gasteiger partial charge < -0.3 is 15.1 Å². The van der Waals surface area contributed by atoms with Crippen molar-refractivity contribution in [2.24, 2.45) is 0 Å². The molecule has 1 aliphatic carbocycles. The van der Waals surface area contributed by atoms with Crippen molar-refractivity contribution in [1.29, 1.82) is 0 Å². The summed E-state index contributed by atoms with van der Waals surface area (Å²) in [5.74, 6) is 3.13. The Kier molecular flexibility index (Phi) is 3.93. The van der Waals surface area contributed by atoms with E-state index < -0.39 is 0 Å². The van der Waals surface area contributed by atoms with E-state index in [2.05, 4.69) is 45.4 Å². The number of para-hydroxylation sites is 1. The molecule has 2 aliphatic heterocycles. The van der Waals surface area contributed by atoms with Crippen LogP contribution in [0.5, 0.6) is 0 Å². The van der Waals surface area contributed by atoms with Gasteiger partial charge >= 0.3 is 0 Å². The molecule has 1 N–H and O–H groups in total. The quantitative estimate of drug-likeness (QED) is 0.911. The highest BCUT2D eigenvalue weighted by Crippen LogP contribution is 2.38. The zero-order chi connectivity index (χ0) is 16.6. The molecule has 5 rings (SSSR count). The lowest BCUT2D eigenvalue weighted by Crippen LogP contribution is -2.47. The van der Waals surface area contributed by atoms with E-state index in [0.29, 0.717) is 6.04 Å². The number of nitrogens with zero attached hydrogens (tertiary/aromatic N) is 4. The van der Waals surface area contributed by atoms with E-state index in [1.807, 2.05) is 11.8 Å². The minimum Gasteiger partial charge on any atom is -0.368 e. The molecular formula is C19H23N5S. The van der Waals surface area contributed by atoms with E-state index in [1.54, 1.807) is 0 Å². The van der Waals surface area contributed by atoms with Crippen LogP contribution >= 0.6 is 11.8 Å². The number of thioether (sulfide) groups is 1. The first-order valence-electron chi connectivity index (χ1n) is 9.22. The van der Waals surface area contributed by atoms with Gasteiger partial charge in [-0.2, -0.15) is 4.98 Å². The van der Waals surface area contributed by atoms with Crippen LogP contribution in [0.2, 0.25) is 0 Å². The third kappa shape index (κ3) is 3.15. The molecule has 1 saturated heterocycles. The van der Waals surface area contributed by atoms with Crippen molar-refractivity contribution in [3.05, 3.63) is 36.0 Å². The third-order valence-electron chi connectivity index (χ3n) is 5.11. The average molecular weight is 353 g/mol. The summed E-state index contributed by atoms with van der Waals surface area (Å²) in [7, 11) is 0. The van der Waals surface area contributed by atoms with Gasteiger partial charge in [-0.05, 0) is 25.0 Å². The van der Waals surface area contributed by atoms with Crippen LogP contribution in [0.4, 0.5) is 17.5 Å². The van der Waals surface area contributed by atoms with Crippen molar-refractivity contribution in [3.8, 4) is 0 Å². The number of aromatic nitrogens is 2. The van der Waals surface area contributed by atoms with Gasteiger partial charge in [0.1, 0.15) is 5.82 Å². The molecule has 0 unspecified atom stereocenters. The molecule has 0 atom stereocenters. The van der Waals surface area contributed by atoms with E-state index in [-0.39, 0.29) is 0 Å². The van der Waals surface area contributed by atoms with Crippen molar-refractivity contribution < 1.29 is 0 Å². The Labute approximate surface area is 152 Å². The molecule has 0 amide bonds. The van der Waals surface area contributed by atoms with Crippen molar-refractivity contribution in [1.82, 2.24) is 9.97 Å². The Balaban J connectivity index is 1.34. The summed E-state index contributed by atoms with van der Waals surface area (Å²) in [6.07, 6.45) is 3.61. The molecule has 2 fully saturated rings. The third-order valence-corrected chi connectivity index (χ3v) is 6.24. The van der Waals surface area contributed by atoms with E-state index in [0.717, 1.165) is 50.1 Å². The molecule has 0 bridgehead atoms. The Morgan fingerprint density at radius 1 is 0.960 bits per heavy atom. The number of nitrogens with one attached hydrogen (secondary N) is 1. The first kappa shape index (κ1) is 15.3. The molecule has 130 valence electrons. The summed E-state index contributed by atoms with van der Waals surface area (Å²) in [6, 6.07) is 11.3. The Hall–Kier alpha value is -1.95. The molecule has 1 aromatic carbocycles. The lowest BCUT2D eigenvalue weighted by atomic mass is 10.2. The number of hydrogen-bond donors (Lipinski definition) is 1. The van der Waals surface area contributed by atoms with E-state index in [1.165, 1.54) is 29.1 Å². The average Bonchev–Trinajstić information content (AvgIpc) is 3.35. The molecule has 3 heterocycles. The van der Waals surface area contributed by atoms with Crippen molar-refractivity contribution >= 4 is 29.2 Å². The maximum absolute atomic E-state index is 4.91. The minimum absolute atomic E-state index is 0.628. The summed E-state index contributed by atoms with van der Waals surface area (Å²) in [5, 5.41) is 3.62. The lowest BCUT2D eigenvalue weighted by molar-refractivity contribution is 0.637. The first-order chi connectivity index (χ1) is 12.4. The molecule has 0 radical (unpaired) electrons. The fourth-order valence-corrected chi connectivity index (χ4v) is 4.57. The van der Waals surface area contributed by atoms with Gasteiger partial charge in [0.2, 0.25) is 5.95 Å². The largest absolute Gasteiger partial charge is 0.368 e. The monoisotopic (exact) mass is 353 g/mol. The van der Waals surface area contributed by atoms with Crippen molar-refractivity contribution in [3.63, 3.8) is 0 Å². The van der Waals surface area contributed by atoms with Crippen LogP contribution in [0.1, 0.15) is 18.5 Å². The van der Waals surface area contributed by atoms with Crippen LogP contribution in [0, 0.1) is 0 Å². The normalized spacial score (nSPS) is 19.8. The molecule has 1 saturated carbocycles. The number of hydrogen-bond acceptors (Lipinski definition) is 6. The second kappa shape index (κ2) is 6.41. The molecular weight excluding hydrogens is 330 g/mol. The van der Waals surface area contributed by atoms with Gasteiger partial charge in [0.05, 0.1) is 10.6 Å². The van der Waals surface area contributed by atoms with Crippen LogP contribution in [-0.2, 0) is 6.42 Å². The number of fused-ring (bicyclic) bond motifs is 1. The standard InChI is InChI=1S/C19H23N5S/c1-2-4-15(5-3-1)23-9-11-24(12-10-23)19-21-16-8-13-25-17(16)18(22-19)20-14-6-7-14/h1-5,14H,6-13H2,(H,20,21,22). The topological polar surface area (TPSA) is 44.3 Å². The van der Waals surface area contributed by atoms with Crippen LogP contribution in [0.3, 0.4) is 0 Å². The molecule has 0 spiro atoms. The van der Waals surface area contributed by atoms with Crippen LogP contribution in [0.25, 0.3) is 0 Å². The van der Waals surface area contributed by atoms with E-state index in [4.69, 9.17) is 9.97 Å². The zero-order valence-corrected chi connectivity index (χ0v) is 15.1. The number of anilines is 3. The van der Waals surface area contributed by atoms with E-state index >= 15 is 0 Å². The second-order valence-electron chi connectivity index (χ2n) is 6.97. The predicted octanol–water partition coefficient (Wildman–Crippen LogP) is 3.03. The van der Waals surface area contributed by atoms with Gasteiger partial charge in [-0.3, -0.25) is 0 Å². The fraction of sp³-hybridized carbons (Fsp3) is 0.474. The van der Waals surface area contributed by atoms with Gasteiger partial charge in [0, 0.05) is 50.1 Å². The first-order valence-corrected chi connectivity index (χ1v) is 10.2. The summed E-state index contributed by atoms with van der Waals surface area (Å²) < 4.78 is 0. The van der Waals surface area contributed by atoms with E-state index in [9.17, 15) is 0 Å². The van der Waals surface area contributed by atoms with Gasteiger partial charge in [0.15, 0.2) is 0 Å². The molecule has 1 aromatic heterocycles. The maximum atomic E-state index is 4.91. The minimum atomic E-state index is 0.628. The van der Waals surface area contributed by atoms with Gasteiger partial charge in [-0.25, -0.2) is 4.98 Å². The van der Waals surface area contributed by atoms with Gasteiger partial charge in [0.25, 0.3) is 0 Å². The molecule has 3 aliphatic rings. The molecule has 25 heavy (non-hydrogen) atoms. The summed E-state index contributed by atoms with van der Waals surface area (Å²) in [4.78, 5) is 15.9. The summed E-state index contributed by atoms with van der Waals surface area (Å²) >= 11 is 1.90. The molecule has 6 heteroatoms. The fourth-order valence-electron chi connectivity index (χ4n) is 3.52. The number of benzene rings is 1. The highest BCUT2D eigenvalue weighted by atomic mass is 32.2. The lowest BCUT2D eigenvalue weighted by Gasteiger charge is -2.36. The SMILES string of the molecule is c1ccc(N2CCN(c3nc4c(c(NC5CC5)n3)SCC4)CC2)cc1. The van der Waals surface area contributed by atoms with Crippen LogP contribution in [-0.4, -0.2) is 47.9 Å². The molecule has 2 aromatic rings. The number of aryl methyl sites for hydroxylation is 1. The molecule has 5 nitrogen and oxygen atoms in total. The van der Waals surface area contributed by atoms with Crippen LogP contribution < -0.4 is 15.1 Å². The Morgan fingerprint density at radius 3 is 2.48 bits per heavy atom. The second-order valence-corrected chi connectivity index (χ2v) is 8.08. The number of rotatable bonds is 4. The Morgan fingerprint density at radius 2 is 1.72 bits per heavy atom. The van der Waals surface area contributed by atoms with Crippen molar-refractivity contribution in [2.45, 2.75) is 30.2 Å². The highest BCUT2D eigenvalue weighted by Gasteiger charge is 2.28. The van der Waals surface area contributed by atoms with Crippen LogP contribution in [0.15, 0.2) is 35.2 Å². The maximum Gasteiger partial charge on any atom is 0.227 e. The predicted molar refractivity (Wildman–Crippen MR) is 104 cm³/mol. The smallest absolute Gasteiger partial charge is 0.227 e. The summed E-state index contributed by atoms with van der Waals surface area (Å²) in [5.41, 5.74) is 2.55. The Bertz CT molecular complexity index is 754. The highest BCUT2D eigenvalue weighted by molar-refractivity contribution is 7.99. The van der Waals surface area contributed by atoms with Gasteiger partial charge in [-0.15, -0.1) is 11.8 Å². The number of piperazine rings is 1. The van der Waals surface area contributed by atoms with Crippen molar-refractivity contribution in [2.75, 3.05) is 47.0 Å². The van der Waals surface area contributed by atoms with Gasteiger partial charge in [-0.1, -0.05) is 18.2 Å². The summed E-state index contributed by atoms with van der Waals surface area (Å²) in [6.45, 7) is 3.99. The zero-order valence-electron chi connectivity index (χ0n) is 14.3.